The minimum atomic E-state index is -0.165. The van der Waals surface area contributed by atoms with Gasteiger partial charge in [-0.15, -0.1) is 0 Å². The smallest absolute Gasteiger partial charge is 0.238 e. The highest BCUT2D eigenvalue weighted by Crippen LogP contribution is 2.63. The van der Waals surface area contributed by atoms with Gasteiger partial charge < -0.3 is 5.73 Å². The lowest BCUT2D eigenvalue weighted by Crippen LogP contribution is -2.36. The van der Waals surface area contributed by atoms with Gasteiger partial charge in [-0.25, -0.2) is 4.90 Å². The van der Waals surface area contributed by atoms with Gasteiger partial charge in [0, 0.05) is 5.69 Å². The molecule has 1 aliphatic heterocycles. The number of hydrogen-bond donors (Lipinski definition) is 1. The zero-order valence-corrected chi connectivity index (χ0v) is 11.7. The van der Waals surface area contributed by atoms with E-state index in [-0.39, 0.29) is 29.1 Å². The predicted molar refractivity (Wildman–Crippen MR) is 73.6 cm³/mol. The number of aryl methyl sites for hydroxylation is 2. The van der Waals surface area contributed by atoms with Crippen LogP contribution >= 0.6 is 0 Å². The van der Waals surface area contributed by atoms with Gasteiger partial charge in [-0.05, 0) is 42.5 Å². The van der Waals surface area contributed by atoms with Gasteiger partial charge in [0.15, 0.2) is 0 Å². The Morgan fingerprint density at radius 3 is 2.11 bits per heavy atom. The van der Waals surface area contributed by atoms with Gasteiger partial charge in [-0.3, -0.25) is 9.59 Å². The molecule has 2 N–H and O–H groups in total. The van der Waals surface area contributed by atoms with Crippen LogP contribution in [0.4, 0.5) is 11.4 Å². The summed E-state index contributed by atoms with van der Waals surface area (Å²) < 4.78 is 0. The first-order chi connectivity index (χ1) is 8.76. The van der Waals surface area contributed by atoms with E-state index in [9.17, 15) is 9.59 Å². The van der Waals surface area contributed by atoms with Gasteiger partial charge in [0.25, 0.3) is 0 Å². The first kappa shape index (κ1) is 12.2. The van der Waals surface area contributed by atoms with Crippen molar-refractivity contribution >= 4 is 23.2 Å². The summed E-state index contributed by atoms with van der Waals surface area (Å²) in [6.45, 7) is 7.72. The molecule has 2 unspecified atom stereocenters. The van der Waals surface area contributed by atoms with Gasteiger partial charge >= 0.3 is 0 Å². The Hall–Kier alpha value is -1.84. The van der Waals surface area contributed by atoms with Crippen LogP contribution in [-0.2, 0) is 9.59 Å². The van der Waals surface area contributed by atoms with Crippen LogP contribution in [0.25, 0.3) is 0 Å². The van der Waals surface area contributed by atoms with Crippen molar-refractivity contribution in [3.63, 3.8) is 0 Å². The molecule has 2 aliphatic rings. The van der Waals surface area contributed by atoms with Crippen molar-refractivity contribution in [2.45, 2.75) is 27.7 Å². The van der Waals surface area contributed by atoms with E-state index in [1.54, 1.807) is 0 Å². The molecule has 1 saturated heterocycles. The summed E-state index contributed by atoms with van der Waals surface area (Å²) >= 11 is 0. The summed E-state index contributed by atoms with van der Waals surface area (Å²) in [5.41, 5.74) is 8.81. The van der Waals surface area contributed by atoms with Crippen molar-refractivity contribution in [2.75, 3.05) is 10.6 Å². The molecule has 2 atom stereocenters. The van der Waals surface area contributed by atoms with E-state index < -0.39 is 0 Å². The first-order valence-corrected chi connectivity index (χ1v) is 6.51. The third kappa shape index (κ3) is 1.40. The second-order valence-electron chi connectivity index (χ2n) is 6.28. The molecule has 100 valence electrons. The highest BCUT2D eigenvalue weighted by molar-refractivity contribution is 6.26. The number of amides is 2. The molecule has 0 radical (unpaired) electrons. The van der Waals surface area contributed by atoms with E-state index in [0.717, 1.165) is 11.1 Å². The van der Waals surface area contributed by atoms with Crippen LogP contribution in [-0.4, -0.2) is 11.8 Å². The maximum Gasteiger partial charge on any atom is 0.238 e. The number of imide groups is 1. The van der Waals surface area contributed by atoms with Crippen LogP contribution in [0.15, 0.2) is 12.1 Å². The summed E-state index contributed by atoms with van der Waals surface area (Å²) in [6, 6.07) is 3.65. The number of carbonyl (C=O) groups excluding carboxylic acids is 2. The number of nitrogens with two attached hydrogens (primary N) is 1. The fourth-order valence-corrected chi connectivity index (χ4v) is 3.25. The molecule has 0 spiro atoms. The van der Waals surface area contributed by atoms with Gasteiger partial charge in [-0.1, -0.05) is 13.8 Å². The maximum atomic E-state index is 12.4. The fraction of sp³-hybridized carbons (Fsp3) is 0.467. The summed E-state index contributed by atoms with van der Waals surface area (Å²) in [7, 11) is 0. The Morgan fingerprint density at radius 2 is 1.58 bits per heavy atom. The highest BCUT2D eigenvalue weighted by Gasteiger charge is 2.72. The molecular formula is C15H18N2O2. The van der Waals surface area contributed by atoms with Crippen LogP contribution in [0.2, 0.25) is 0 Å². The topological polar surface area (TPSA) is 63.4 Å². The molecule has 1 saturated carbocycles. The summed E-state index contributed by atoms with van der Waals surface area (Å²) in [4.78, 5) is 26.1. The minimum absolute atomic E-state index is 0.0627. The Balaban J connectivity index is 2.04. The van der Waals surface area contributed by atoms with Crippen molar-refractivity contribution in [1.82, 2.24) is 0 Å². The number of carbonyl (C=O) groups is 2. The molecule has 0 aromatic heterocycles. The molecule has 19 heavy (non-hydrogen) atoms. The largest absolute Gasteiger partial charge is 0.399 e. The molecule has 1 aromatic rings. The Kier molecular flexibility index (Phi) is 2.17. The minimum Gasteiger partial charge on any atom is -0.399 e. The van der Waals surface area contributed by atoms with Crippen molar-refractivity contribution in [1.29, 1.82) is 0 Å². The number of benzene rings is 1. The van der Waals surface area contributed by atoms with Crippen LogP contribution in [0.1, 0.15) is 25.0 Å². The Bertz CT molecular complexity index is 595. The van der Waals surface area contributed by atoms with E-state index in [1.807, 2.05) is 39.8 Å². The lowest BCUT2D eigenvalue weighted by atomic mass is 10.0. The zero-order chi connectivity index (χ0) is 14.1. The Morgan fingerprint density at radius 1 is 1.05 bits per heavy atom. The van der Waals surface area contributed by atoms with Crippen LogP contribution < -0.4 is 10.6 Å². The zero-order valence-electron chi connectivity index (χ0n) is 11.7. The Labute approximate surface area is 112 Å². The molecular weight excluding hydrogens is 240 g/mol. The molecule has 4 heteroatoms. The SMILES string of the molecule is Cc1cc(N2C(=O)C3C(C2=O)C3(C)C)c(C)cc1N. The van der Waals surface area contributed by atoms with Gasteiger partial charge in [0.2, 0.25) is 11.8 Å². The first-order valence-electron chi connectivity index (χ1n) is 6.51. The highest BCUT2D eigenvalue weighted by atomic mass is 16.2. The number of nitrogen functional groups attached to an aromatic ring is 1. The second-order valence-corrected chi connectivity index (χ2v) is 6.28. The van der Waals surface area contributed by atoms with Crippen molar-refractivity contribution in [2.24, 2.45) is 17.3 Å². The lowest BCUT2D eigenvalue weighted by Gasteiger charge is -2.23. The lowest BCUT2D eigenvalue weighted by molar-refractivity contribution is -0.125. The van der Waals surface area contributed by atoms with E-state index in [1.165, 1.54) is 4.90 Å². The molecule has 1 aliphatic carbocycles. The molecule has 3 rings (SSSR count). The third-order valence-corrected chi connectivity index (χ3v) is 4.63. The number of fused-ring (bicyclic) bond motifs is 1. The molecule has 1 aromatic carbocycles. The monoisotopic (exact) mass is 258 g/mol. The van der Waals surface area contributed by atoms with E-state index >= 15 is 0 Å². The summed E-state index contributed by atoms with van der Waals surface area (Å²) in [6.07, 6.45) is 0. The predicted octanol–water partition coefficient (Wildman–Crippen LogP) is 2.03. The van der Waals surface area contributed by atoms with Crippen molar-refractivity contribution in [3.8, 4) is 0 Å². The number of nitrogens with zero attached hydrogens (tertiary/aromatic N) is 1. The molecule has 4 nitrogen and oxygen atoms in total. The fourth-order valence-electron chi connectivity index (χ4n) is 3.25. The molecule has 1 heterocycles. The third-order valence-electron chi connectivity index (χ3n) is 4.63. The van der Waals surface area contributed by atoms with Crippen molar-refractivity contribution < 1.29 is 9.59 Å². The van der Waals surface area contributed by atoms with E-state index in [2.05, 4.69) is 0 Å². The van der Waals surface area contributed by atoms with Crippen LogP contribution in [0.3, 0.4) is 0 Å². The quantitative estimate of drug-likeness (QED) is 0.619. The molecule has 0 bridgehead atoms. The second kappa shape index (κ2) is 3.38. The molecule has 2 amide bonds. The standard InChI is InChI=1S/C15H18N2O2/c1-7-6-10(8(2)5-9(7)16)17-13(18)11-12(14(17)19)15(11,3)4/h5-6,11-12H,16H2,1-4H3. The summed E-state index contributed by atoms with van der Waals surface area (Å²) in [5.74, 6) is -0.408. The van der Waals surface area contributed by atoms with Gasteiger partial charge in [0.05, 0.1) is 17.5 Å². The number of rotatable bonds is 1. The van der Waals surface area contributed by atoms with Crippen LogP contribution in [0.5, 0.6) is 0 Å². The maximum absolute atomic E-state index is 12.4. The average molecular weight is 258 g/mol. The number of piperidine rings is 1. The van der Waals surface area contributed by atoms with E-state index in [4.69, 9.17) is 5.73 Å². The van der Waals surface area contributed by atoms with Gasteiger partial charge in [-0.2, -0.15) is 0 Å². The number of anilines is 2. The summed E-state index contributed by atoms with van der Waals surface area (Å²) in [5, 5.41) is 0. The number of hydrogen-bond acceptors (Lipinski definition) is 3. The average Bonchev–Trinajstić information content (AvgIpc) is 2.76. The van der Waals surface area contributed by atoms with Crippen molar-refractivity contribution in [3.05, 3.63) is 23.3 Å². The van der Waals surface area contributed by atoms with Crippen LogP contribution in [0, 0.1) is 31.1 Å². The normalized spacial score (nSPS) is 27.7. The molecule has 2 fully saturated rings. The van der Waals surface area contributed by atoms with E-state index in [0.29, 0.717) is 11.4 Å². The van der Waals surface area contributed by atoms with Gasteiger partial charge in [0.1, 0.15) is 0 Å².